The van der Waals surface area contributed by atoms with Crippen molar-refractivity contribution in [3.63, 3.8) is 0 Å². The Morgan fingerprint density at radius 1 is 1.25 bits per heavy atom. The van der Waals surface area contributed by atoms with Gasteiger partial charge in [-0.3, -0.25) is 4.79 Å². The Bertz CT molecular complexity index is 284. The number of nitrogens with zero attached hydrogens (tertiary/aromatic N) is 1. The first-order valence-electron chi connectivity index (χ1n) is 5.86. The maximum absolute atomic E-state index is 13.2. The number of piperidine rings is 1. The van der Waals surface area contributed by atoms with Crippen LogP contribution in [-0.4, -0.2) is 36.4 Å². The molecule has 0 radical (unpaired) electrons. The fraction of sp³-hybridized carbons (Fsp3) is 0.909. The van der Waals surface area contributed by atoms with Gasteiger partial charge in [0.1, 0.15) is 0 Å². The number of hydrogen-bond donors (Lipinski definition) is 1. The molecule has 16 heavy (non-hydrogen) atoms. The molecule has 1 amide bonds. The van der Waals surface area contributed by atoms with Crippen molar-refractivity contribution >= 4 is 5.91 Å². The topological polar surface area (TPSA) is 46.3 Å². The molecule has 0 atom stereocenters. The van der Waals surface area contributed by atoms with Crippen LogP contribution in [-0.2, 0) is 4.79 Å². The van der Waals surface area contributed by atoms with Gasteiger partial charge < -0.3 is 10.6 Å². The van der Waals surface area contributed by atoms with Crippen molar-refractivity contribution in [1.29, 1.82) is 0 Å². The highest BCUT2D eigenvalue weighted by Crippen LogP contribution is 2.42. The molecule has 0 aromatic heterocycles. The summed E-state index contributed by atoms with van der Waals surface area (Å²) in [6.45, 7) is 0.317. The SMILES string of the molecule is NCC1(C(=O)N2CCCC(F)(F)C2)CCC1. The van der Waals surface area contributed by atoms with Crippen molar-refractivity contribution in [2.45, 2.75) is 38.0 Å². The average molecular weight is 232 g/mol. The Labute approximate surface area is 94.0 Å². The molecule has 2 fully saturated rings. The molecule has 0 unspecified atom stereocenters. The lowest BCUT2D eigenvalue weighted by molar-refractivity contribution is -0.156. The highest BCUT2D eigenvalue weighted by atomic mass is 19.3. The molecular weight excluding hydrogens is 214 g/mol. The minimum Gasteiger partial charge on any atom is -0.336 e. The van der Waals surface area contributed by atoms with E-state index in [-0.39, 0.29) is 18.9 Å². The fourth-order valence-corrected chi connectivity index (χ4v) is 2.58. The van der Waals surface area contributed by atoms with Gasteiger partial charge in [-0.2, -0.15) is 0 Å². The Morgan fingerprint density at radius 2 is 1.94 bits per heavy atom. The van der Waals surface area contributed by atoms with Crippen LogP contribution >= 0.6 is 0 Å². The third-order valence-electron chi connectivity index (χ3n) is 3.84. The Kier molecular flexibility index (Phi) is 2.90. The van der Waals surface area contributed by atoms with Crippen molar-refractivity contribution in [1.82, 2.24) is 4.90 Å². The van der Waals surface area contributed by atoms with E-state index in [1.165, 1.54) is 4.90 Å². The van der Waals surface area contributed by atoms with Gasteiger partial charge in [-0.15, -0.1) is 0 Å². The number of halogens is 2. The molecular formula is C11H18F2N2O. The summed E-state index contributed by atoms with van der Waals surface area (Å²) in [7, 11) is 0. The summed E-state index contributed by atoms with van der Waals surface area (Å²) in [5.41, 5.74) is 5.09. The number of carbonyl (C=O) groups excluding carboxylic acids is 1. The largest absolute Gasteiger partial charge is 0.336 e. The second-order valence-electron chi connectivity index (χ2n) is 5.02. The fourth-order valence-electron chi connectivity index (χ4n) is 2.58. The third-order valence-corrected chi connectivity index (χ3v) is 3.84. The van der Waals surface area contributed by atoms with Crippen molar-refractivity contribution in [2.75, 3.05) is 19.6 Å². The summed E-state index contributed by atoms with van der Waals surface area (Å²) in [5.74, 6) is -2.87. The highest BCUT2D eigenvalue weighted by molar-refractivity contribution is 5.84. The van der Waals surface area contributed by atoms with E-state index in [1.54, 1.807) is 0 Å². The molecule has 1 saturated heterocycles. The van der Waals surface area contributed by atoms with Crippen LogP contribution in [0.3, 0.4) is 0 Å². The van der Waals surface area contributed by atoms with Gasteiger partial charge in [0.15, 0.2) is 0 Å². The van der Waals surface area contributed by atoms with Crippen molar-refractivity contribution in [3.05, 3.63) is 0 Å². The summed E-state index contributed by atoms with van der Waals surface area (Å²) in [6.07, 6.45) is 2.77. The van der Waals surface area contributed by atoms with E-state index in [2.05, 4.69) is 0 Å². The summed E-state index contributed by atoms with van der Waals surface area (Å²) in [6, 6.07) is 0. The van der Waals surface area contributed by atoms with Crippen molar-refractivity contribution in [3.8, 4) is 0 Å². The minimum absolute atomic E-state index is 0.105. The van der Waals surface area contributed by atoms with Gasteiger partial charge in [-0.1, -0.05) is 6.42 Å². The maximum Gasteiger partial charge on any atom is 0.265 e. The van der Waals surface area contributed by atoms with Gasteiger partial charge in [-0.25, -0.2) is 8.78 Å². The second kappa shape index (κ2) is 3.95. The first-order chi connectivity index (χ1) is 7.49. The number of hydrogen-bond acceptors (Lipinski definition) is 2. The minimum atomic E-state index is -2.71. The zero-order valence-corrected chi connectivity index (χ0v) is 9.35. The average Bonchev–Trinajstić information content (AvgIpc) is 2.15. The zero-order valence-electron chi connectivity index (χ0n) is 9.35. The van der Waals surface area contributed by atoms with Crippen molar-refractivity contribution < 1.29 is 13.6 Å². The standard InChI is InChI=1S/C11H18F2N2O/c12-11(13)5-2-6-15(8-11)9(16)10(7-14)3-1-4-10/h1-8,14H2. The number of alkyl halides is 2. The molecule has 0 aromatic carbocycles. The quantitative estimate of drug-likeness (QED) is 0.781. The van der Waals surface area contributed by atoms with Gasteiger partial charge in [0.05, 0.1) is 12.0 Å². The van der Waals surface area contributed by atoms with E-state index in [0.717, 1.165) is 19.3 Å². The summed E-state index contributed by atoms with van der Waals surface area (Å²) < 4.78 is 26.4. The lowest BCUT2D eigenvalue weighted by Crippen LogP contribution is -2.56. The zero-order chi connectivity index (χ0) is 11.8. The third kappa shape index (κ3) is 1.93. The second-order valence-corrected chi connectivity index (χ2v) is 5.02. The van der Waals surface area contributed by atoms with Gasteiger partial charge in [0.2, 0.25) is 5.91 Å². The lowest BCUT2D eigenvalue weighted by Gasteiger charge is -2.44. The van der Waals surface area contributed by atoms with E-state index < -0.39 is 17.9 Å². The molecule has 0 bridgehead atoms. The molecule has 2 aliphatic rings. The van der Waals surface area contributed by atoms with E-state index in [1.807, 2.05) is 0 Å². The first kappa shape index (κ1) is 11.8. The van der Waals surface area contributed by atoms with Crippen LogP contribution in [0.1, 0.15) is 32.1 Å². The van der Waals surface area contributed by atoms with E-state index in [4.69, 9.17) is 5.73 Å². The number of nitrogens with two attached hydrogens (primary N) is 1. The molecule has 1 aliphatic heterocycles. The molecule has 0 spiro atoms. The lowest BCUT2D eigenvalue weighted by atomic mass is 9.67. The molecule has 0 aromatic rings. The van der Waals surface area contributed by atoms with Crippen LogP contribution in [0.15, 0.2) is 0 Å². The predicted octanol–water partition coefficient (Wildman–Crippen LogP) is 1.37. The summed E-state index contributed by atoms with van der Waals surface area (Å²) in [5, 5.41) is 0. The number of rotatable bonds is 2. The van der Waals surface area contributed by atoms with Gasteiger partial charge in [-0.05, 0) is 19.3 Å². The maximum atomic E-state index is 13.2. The van der Waals surface area contributed by atoms with Crippen LogP contribution in [0.4, 0.5) is 8.78 Å². The number of amides is 1. The van der Waals surface area contributed by atoms with Crippen LogP contribution in [0, 0.1) is 5.41 Å². The molecule has 1 aliphatic carbocycles. The molecule has 2 N–H and O–H groups in total. The van der Waals surface area contributed by atoms with E-state index in [0.29, 0.717) is 13.0 Å². The Balaban J connectivity index is 2.04. The summed E-state index contributed by atoms with van der Waals surface area (Å²) >= 11 is 0. The predicted molar refractivity (Wildman–Crippen MR) is 56.1 cm³/mol. The highest BCUT2D eigenvalue weighted by Gasteiger charge is 2.48. The van der Waals surface area contributed by atoms with Crippen LogP contribution < -0.4 is 5.73 Å². The molecule has 2 rings (SSSR count). The summed E-state index contributed by atoms with van der Waals surface area (Å²) in [4.78, 5) is 13.4. The Morgan fingerprint density at radius 3 is 2.38 bits per heavy atom. The van der Waals surface area contributed by atoms with Gasteiger partial charge in [0.25, 0.3) is 5.92 Å². The number of carbonyl (C=O) groups is 1. The molecule has 1 saturated carbocycles. The molecule has 3 nitrogen and oxygen atoms in total. The van der Waals surface area contributed by atoms with Gasteiger partial charge in [0, 0.05) is 19.5 Å². The number of likely N-dealkylation sites (tertiary alicyclic amines) is 1. The molecule has 5 heteroatoms. The van der Waals surface area contributed by atoms with E-state index >= 15 is 0 Å². The van der Waals surface area contributed by atoms with Gasteiger partial charge >= 0.3 is 0 Å². The Hall–Kier alpha value is -0.710. The monoisotopic (exact) mass is 232 g/mol. The molecule has 92 valence electrons. The smallest absolute Gasteiger partial charge is 0.265 e. The van der Waals surface area contributed by atoms with E-state index in [9.17, 15) is 13.6 Å². The molecule has 1 heterocycles. The van der Waals surface area contributed by atoms with Crippen LogP contribution in [0.5, 0.6) is 0 Å². The van der Waals surface area contributed by atoms with Crippen molar-refractivity contribution in [2.24, 2.45) is 11.1 Å². The van der Waals surface area contributed by atoms with Crippen LogP contribution in [0.25, 0.3) is 0 Å². The first-order valence-corrected chi connectivity index (χ1v) is 5.86. The van der Waals surface area contributed by atoms with Crippen LogP contribution in [0.2, 0.25) is 0 Å². The normalized spacial score (nSPS) is 27.3.